The number of thiazole rings is 1. The molecule has 1 saturated heterocycles. The van der Waals surface area contributed by atoms with Gasteiger partial charge in [-0.1, -0.05) is 80.6 Å². The van der Waals surface area contributed by atoms with E-state index in [0.717, 1.165) is 71.2 Å². The van der Waals surface area contributed by atoms with E-state index in [1.54, 1.807) is 33.8 Å². The van der Waals surface area contributed by atoms with Crippen LogP contribution >= 0.6 is 34.3 Å². The molecular weight excluding hydrogens is 904 g/mol. The van der Waals surface area contributed by atoms with Crippen LogP contribution in [0.5, 0.6) is 0 Å². The lowest BCUT2D eigenvalue weighted by Crippen LogP contribution is -2.58. The quantitative estimate of drug-likeness (QED) is 0.0863. The average Bonchev–Trinajstić information content (AvgIpc) is 4.15. The van der Waals surface area contributed by atoms with Crippen LogP contribution < -0.4 is 10.6 Å². The van der Waals surface area contributed by atoms with E-state index in [4.69, 9.17) is 21.3 Å². The normalized spacial score (nSPS) is 16.6. The Morgan fingerprint density at radius 2 is 1.75 bits per heavy atom. The Hall–Kier alpha value is -5.99. The first-order valence-electron chi connectivity index (χ1n) is 22.5. The maximum Gasteiger partial charge on any atom is 0.246 e. The average molecular weight is 960 g/mol. The van der Waals surface area contributed by atoms with E-state index in [-0.39, 0.29) is 30.5 Å². The summed E-state index contributed by atoms with van der Waals surface area (Å²) in [4.78, 5) is 54.1. The molecule has 6 heterocycles. The molecule has 17 heteroatoms. The molecule has 4 atom stereocenters. The molecule has 14 nitrogen and oxygen atoms in total. The van der Waals surface area contributed by atoms with Gasteiger partial charge in [0.05, 0.1) is 44.5 Å². The third-order valence-electron chi connectivity index (χ3n) is 12.1. The van der Waals surface area contributed by atoms with Gasteiger partial charge in [-0.3, -0.25) is 28.6 Å². The van der Waals surface area contributed by atoms with Crippen molar-refractivity contribution in [3.8, 4) is 27.3 Å². The summed E-state index contributed by atoms with van der Waals surface area (Å²) < 4.78 is 9.66. The van der Waals surface area contributed by atoms with Crippen LogP contribution in [0, 0.1) is 38.0 Å². The predicted octanol–water partition coefficient (Wildman–Crippen LogP) is 8.35. The van der Waals surface area contributed by atoms with Gasteiger partial charge in [-0.05, 0) is 88.1 Å². The van der Waals surface area contributed by atoms with Crippen molar-refractivity contribution in [2.75, 3.05) is 19.8 Å². The molecule has 348 valence electrons. The molecule has 1 fully saturated rings. The molecule has 2 N–H and O–H groups in total. The minimum absolute atomic E-state index is 0.202. The number of aliphatic imine (C=N–C) groups is 1. The van der Waals surface area contributed by atoms with Gasteiger partial charge in [-0.2, -0.15) is 5.10 Å². The fourth-order valence-corrected chi connectivity index (χ4v) is 10.6. The van der Waals surface area contributed by atoms with E-state index >= 15 is 0 Å². The Morgan fingerprint density at radius 3 is 2.46 bits per heavy atom. The number of thiophene rings is 1. The number of hydrogen-bond acceptors (Lipinski definition) is 11. The van der Waals surface area contributed by atoms with Gasteiger partial charge in [0.1, 0.15) is 35.6 Å². The van der Waals surface area contributed by atoms with Crippen molar-refractivity contribution in [1.82, 2.24) is 45.1 Å². The third-order valence-corrected chi connectivity index (χ3v) is 14.6. The van der Waals surface area contributed by atoms with E-state index < -0.39 is 23.4 Å². The molecule has 3 amide bonds. The van der Waals surface area contributed by atoms with Gasteiger partial charge in [0, 0.05) is 42.0 Å². The van der Waals surface area contributed by atoms with Crippen molar-refractivity contribution in [1.29, 1.82) is 0 Å². The minimum atomic E-state index is -0.847. The molecule has 0 aliphatic carbocycles. The van der Waals surface area contributed by atoms with Crippen LogP contribution in [-0.4, -0.2) is 89.7 Å². The van der Waals surface area contributed by atoms with Crippen molar-refractivity contribution < 1.29 is 19.1 Å². The summed E-state index contributed by atoms with van der Waals surface area (Å²) in [5, 5.41) is 21.0. The summed E-state index contributed by atoms with van der Waals surface area (Å²) >= 11 is 9.44. The van der Waals surface area contributed by atoms with Crippen LogP contribution in [0.3, 0.4) is 0 Å². The Bertz CT molecular complexity index is 2880. The molecule has 0 radical (unpaired) electrons. The molecule has 0 spiro atoms. The van der Waals surface area contributed by atoms with Crippen molar-refractivity contribution in [3.63, 3.8) is 0 Å². The third kappa shape index (κ3) is 10.5. The van der Waals surface area contributed by atoms with Gasteiger partial charge < -0.3 is 20.3 Å². The van der Waals surface area contributed by atoms with E-state index in [1.165, 1.54) is 0 Å². The Morgan fingerprint density at radius 1 is 1.00 bits per heavy atom. The molecule has 0 saturated carbocycles. The zero-order chi connectivity index (χ0) is 47.6. The standard InChI is InChI=1S/C50H55ClN10O4S2/c1-29-40(67-49-42(29)43(36-17-19-38(51)20-18-36)54-32(4)46-58-57-33(5)61(46)49)21-12-34-25-53-59(26-34)22-10-24-65-27-41(62)56-45(50(6,7)8)48(64)60-23-9-11-39(60)47(63)55-30(2)35-13-15-37(16-14-35)44-31(3)52-28-66-44/h13-20,25-26,28,30,32,39,45H,9-11,22-24,27H2,1-8H3,(H,55,63)(H,56,62)/t30-,32-,39-,45+/m0/s1. The number of amides is 3. The van der Waals surface area contributed by atoms with Gasteiger partial charge in [0.2, 0.25) is 17.7 Å². The second-order valence-corrected chi connectivity index (χ2v) is 20.5. The summed E-state index contributed by atoms with van der Waals surface area (Å²) in [5.74, 6) is 7.37. The molecular formula is C50H55ClN10O4S2. The van der Waals surface area contributed by atoms with Crippen LogP contribution in [0.4, 0.5) is 0 Å². The molecule has 8 rings (SSSR count). The highest BCUT2D eigenvalue weighted by atomic mass is 35.5. The van der Waals surface area contributed by atoms with Gasteiger partial charge in [-0.25, -0.2) is 4.98 Å². The Labute approximate surface area is 404 Å². The highest BCUT2D eigenvalue weighted by Crippen LogP contribution is 2.39. The number of fused-ring (bicyclic) bond motifs is 3. The second kappa shape index (κ2) is 20.1. The SMILES string of the molecule is Cc1ncsc1-c1ccc([C@H](C)NC(=O)[C@@H]2CCCN2C(=O)[C@@H](NC(=O)COCCCn2cc(C#Cc3sc4c(c3C)C(c3ccc(Cl)cc3)=N[C@@H](C)c3nnc(C)n3-4)cn2)C(C)(C)C)cc1. The number of carbonyl (C=O) groups is 3. The fourth-order valence-electron chi connectivity index (χ4n) is 8.48. The van der Waals surface area contributed by atoms with Crippen molar-refractivity contribution >= 4 is 57.7 Å². The smallest absolute Gasteiger partial charge is 0.246 e. The number of carbonyl (C=O) groups excluding carboxylic acids is 3. The van der Waals surface area contributed by atoms with E-state index in [2.05, 4.69) is 54.2 Å². The summed E-state index contributed by atoms with van der Waals surface area (Å²) in [6, 6.07) is 13.9. The first-order valence-corrected chi connectivity index (χ1v) is 24.6. The van der Waals surface area contributed by atoms with Crippen LogP contribution in [-0.2, 0) is 25.7 Å². The second-order valence-electron chi connectivity index (χ2n) is 18.2. The molecule has 4 aromatic heterocycles. The summed E-state index contributed by atoms with van der Waals surface area (Å²) in [7, 11) is 0. The van der Waals surface area contributed by atoms with Crippen LogP contribution in [0.1, 0.15) is 116 Å². The van der Waals surface area contributed by atoms with Crippen LogP contribution in [0.2, 0.25) is 5.02 Å². The number of hydrogen-bond donors (Lipinski definition) is 2. The number of rotatable bonds is 13. The Kier molecular flexibility index (Phi) is 14.2. The van der Waals surface area contributed by atoms with Crippen LogP contribution in [0.25, 0.3) is 15.4 Å². The lowest BCUT2D eigenvalue weighted by Gasteiger charge is -2.35. The molecule has 2 aliphatic rings. The van der Waals surface area contributed by atoms with Crippen molar-refractivity contribution in [2.45, 2.75) is 105 Å². The monoisotopic (exact) mass is 958 g/mol. The zero-order valence-corrected chi connectivity index (χ0v) is 41.4. The minimum Gasteiger partial charge on any atom is -0.372 e. The molecule has 6 aromatic rings. The van der Waals surface area contributed by atoms with E-state index in [0.29, 0.717) is 44.0 Å². The lowest BCUT2D eigenvalue weighted by atomic mass is 9.85. The van der Waals surface area contributed by atoms with Gasteiger partial charge in [-0.15, -0.1) is 32.9 Å². The molecule has 67 heavy (non-hydrogen) atoms. The first kappa shape index (κ1) is 47.5. The highest BCUT2D eigenvalue weighted by molar-refractivity contribution is 7.15. The van der Waals surface area contributed by atoms with E-state index in [1.807, 2.05) is 113 Å². The van der Waals surface area contributed by atoms with Gasteiger partial charge in [0.25, 0.3) is 0 Å². The van der Waals surface area contributed by atoms with Crippen molar-refractivity contribution in [3.05, 3.63) is 121 Å². The maximum atomic E-state index is 14.1. The number of aryl methyl sites for hydroxylation is 3. The number of nitrogens with one attached hydrogen (secondary N) is 2. The molecule has 0 unspecified atom stereocenters. The largest absolute Gasteiger partial charge is 0.372 e. The highest BCUT2D eigenvalue weighted by Gasteiger charge is 2.42. The number of halogens is 1. The lowest BCUT2D eigenvalue weighted by molar-refractivity contribution is -0.144. The maximum absolute atomic E-state index is 14.1. The topological polar surface area (TPSA) is 162 Å². The molecule has 0 bridgehead atoms. The zero-order valence-electron chi connectivity index (χ0n) is 39.0. The summed E-state index contributed by atoms with van der Waals surface area (Å²) in [6.07, 6.45) is 5.48. The molecule has 2 aliphatic heterocycles. The number of nitrogens with zero attached hydrogens (tertiary/aromatic N) is 8. The first-order chi connectivity index (χ1) is 32.1. The van der Waals surface area contributed by atoms with Crippen molar-refractivity contribution in [2.24, 2.45) is 10.4 Å². The number of aromatic nitrogens is 6. The Balaban J connectivity index is 0.833. The van der Waals surface area contributed by atoms with Gasteiger partial charge in [0.15, 0.2) is 5.82 Å². The van der Waals surface area contributed by atoms with E-state index in [9.17, 15) is 14.4 Å². The van der Waals surface area contributed by atoms with Gasteiger partial charge >= 0.3 is 0 Å². The number of benzene rings is 2. The fraction of sp³-hybridized carbons (Fsp3) is 0.400. The molecule has 2 aromatic carbocycles. The summed E-state index contributed by atoms with van der Waals surface area (Å²) in [6.45, 7) is 16.8. The number of likely N-dealkylation sites (tertiary alicyclic amines) is 1. The predicted molar refractivity (Wildman–Crippen MR) is 263 cm³/mol. The number of ether oxygens (including phenoxy) is 1. The summed E-state index contributed by atoms with van der Waals surface area (Å²) in [5.41, 5.74) is 8.88. The van der Waals surface area contributed by atoms with Crippen LogP contribution in [0.15, 0.2) is 71.4 Å².